The van der Waals surface area contributed by atoms with Crippen LogP contribution in [0.1, 0.15) is 79.1 Å². The van der Waals surface area contributed by atoms with Crippen LogP contribution in [0.3, 0.4) is 0 Å². The van der Waals surface area contributed by atoms with Gasteiger partial charge in [-0.05, 0) is 74.3 Å². The minimum atomic E-state index is -0.666. The van der Waals surface area contributed by atoms with Crippen molar-refractivity contribution in [3.05, 3.63) is 59.3 Å². The summed E-state index contributed by atoms with van der Waals surface area (Å²) in [5.74, 6) is 1.46. The van der Waals surface area contributed by atoms with Gasteiger partial charge < -0.3 is 15.3 Å². The van der Waals surface area contributed by atoms with Gasteiger partial charge in [0.25, 0.3) is 0 Å². The maximum atomic E-state index is 10.5. The molecule has 0 unspecified atom stereocenters. The summed E-state index contributed by atoms with van der Waals surface area (Å²) in [6.07, 6.45) is 17.0. The van der Waals surface area contributed by atoms with Crippen LogP contribution in [-0.4, -0.2) is 44.1 Å². The molecule has 3 aliphatic rings. The highest BCUT2D eigenvalue weighted by Gasteiger charge is 2.46. The second kappa shape index (κ2) is 11.1. The predicted octanol–water partition coefficient (Wildman–Crippen LogP) is 6.28. The lowest BCUT2D eigenvalue weighted by Gasteiger charge is -2.42. The van der Waals surface area contributed by atoms with Gasteiger partial charge in [0.05, 0.1) is 17.8 Å². The van der Waals surface area contributed by atoms with Crippen LogP contribution in [0.2, 0.25) is 0 Å². The Labute approximate surface area is 205 Å². The Hall–Kier alpha value is -1.07. The van der Waals surface area contributed by atoms with Crippen molar-refractivity contribution in [2.75, 3.05) is 5.75 Å². The Morgan fingerprint density at radius 3 is 2.70 bits per heavy atom. The Balaban J connectivity index is 1.67. The Kier molecular flexibility index (Phi) is 8.94. The van der Waals surface area contributed by atoms with Gasteiger partial charge in [0, 0.05) is 17.4 Å². The van der Waals surface area contributed by atoms with Gasteiger partial charge in [-0.2, -0.15) is 11.8 Å². The van der Waals surface area contributed by atoms with Crippen molar-refractivity contribution in [2.45, 2.75) is 102 Å². The molecule has 0 aromatic heterocycles. The van der Waals surface area contributed by atoms with Crippen LogP contribution in [-0.2, 0) is 0 Å². The third kappa shape index (κ3) is 5.96. The number of thioether (sulfide) groups is 1. The van der Waals surface area contributed by atoms with Crippen LogP contribution in [0.4, 0.5) is 0 Å². The van der Waals surface area contributed by atoms with E-state index in [9.17, 15) is 15.3 Å². The molecule has 2 fully saturated rings. The molecule has 3 N–H and O–H groups in total. The summed E-state index contributed by atoms with van der Waals surface area (Å²) < 4.78 is 0. The molecule has 0 saturated heterocycles. The van der Waals surface area contributed by atoms with E-state index in [0.29, 0.717) is 24.0 Å². The first-order valence-corrected chi connectivity index (χ1v) is 13.9. The molecular formula is C29H44O3S. The normalized spacial score (nSPS) is 34.2. The molecule has 5 atom stereocenters. The predicted molar refractivity (Wildman–Crippen MR) is 141 cm³/mol. The molecule has 0 radical (unpaired) electrons. The fourth-order valence-corrected chi connectivity index (χ4v) is 7.03. The Bertz CT molecular complexity index is 832. The van der Waals surface area contributed by atoms with Crippen LogP contribution < -0.4 is 0 Å². The smallest absolute Gasteiger partial charge is 0.0822 e. The van der Waals surface area contributed by atoms with Crippen molar-refractivity contribution < 1.29 is 15.3 Å². The molecule has 184 valence electrons. The third-order valence-corrected chi connectivity index (χ3v) is 9.55. The molecule has 3 rings (SSSR count). The standard InChI is InChI=1S/C29H44O3S/c1-6-29(32,7-2)16-9-17-33-21(4)25-13-14-26-22(10-8-15-28(25,26)5)11-12-23-18-24(30)19-27(31)20(23)3/h9,11-13,16,21,24,26-27,30-32H,3,6-8,10,14-15,17-19H2,1-2,4-5H3/b16-9+,22-11?,23-12?/t21-,24-,26+,27+,28-/m1/s1. The fourth-order valence-electron chi connectivity index (χ4n) is 5.99. The van der Waals surface area contributed by atoms with Crippen LogP contribution in [0.5, 0.6) is 0 Å². The molecule has 3 aliphatic carbocycles. The Morgan fingerprint density at radius 1 is 1.27 bits per heavy atom. The van der Waals surface area contributed by atoms with Crippen molar-refractivity contribution in [2.24, 2.45) is 11.3 Å². The average Bonchev–Trinajstić information content (AvgIpc) is 3.15. The topological polar surface area (TPSA) is 60.7 Å². The quantitative estimate of drug-likeness (QED) is 0.364. The summed E-state index contributed by atoms with van der Waals surface area (Å²) in [6.45, 7) is 12.9. The summed E-state index contributed by atoms with van der Waals surface area (Å²) in [7, 11) is 0. The summed E-state index contributed by atoms with van der Waals surface area (Å²) in [4.78, 5) is 0. The van der Waals surface area contributed by atoms with E-state index < -0.39 is 17.8 Å². The zero-order chi connectivity index (χ0) is 24.2. The first kappa shape index (κ1) is 26.5. The molecular weight excluding hydrogens is 428 g/mol. The third-order valence-electron chi connectivity index (χ3n) is 8.41. The molecule has 0 aliphatic heterocycles. The SMILES string of the molecule is C=C1C(=CC=C2CCC[C@]3(C)C([C@@H](C)SC/C=C/C(O)(CC)CC)=CC[C@@H]23)C[C@@H](O)C[C@@H]1O. The average molecular weight is 473 g/mol. The van der Waals surface area contributed by atoms with Gasteiger partial charge in [-0.25, -0.2) is 0 Å². The van der Waals surface area contributed by atoms with Gasteiger partial charge in [0.2, 0.25) is 0 Å². The van der Waals surface area contributed by atoms with Crippen molar-refractivity contribution in [1.82, 2.24) is 0 Å². The number of aliphatic hydroxyl groups is 3. The van der Waals surface area contributed by atoms with E-state index in [1.165, 1.54) is 18.4 Å². The number of aliphatic hydroxyl groups excluding tert-OH is 2. The molecule has 0 heterocycles. The molecule has 3 nitrogen and oxygen atoms in total. The van der Waals surface area contributed by atoms with Crippen molar-refractivity contribution >= 4 is 11.8 Å². The first-order valence-electron chi connectivity index (χ1n) is 12.8. The number of hydrogen-bond acceptors (Lipinski definition) is 4. The van der Waals surface area contributed by atoms with E-state index >= 15 is 0 Å². The lowest BCUT2D eigenvalue weighted by Crippen LogP contribution is -2.33. The molecule has 0 amide bonds. The van der Waals surface area contributed by atoms with E-state index in [0.717, 1.165) is 42.6 Å². The molecule has 0 aromatic carbocycles. The van der Waals surface area contributed by atoms with Gasteiger partial charge in [-0.1, -0.05) is 68.9 Å². The number of fused-ring (bicyclic) bond motifs is 1. The maximum Gasteiger partial charge on any atom is 0.0822 e. The maximum absolute atomic E-state index is 10.5. The molecule has 4 heteroatoms. The molecule has 0 aromatic rings. The zero-order valence-corrected chi connectivity index (χ0v) is 21.8. The summed E-state index contributed by atoms with van der Waals surface area (Å²) in [5.41, 5.74) is 4.37. The summed E-state index contributed by atoms with van der Waals surface area (Å²) in [5, 5.41) is 31.1. The highest BCUT2D eigenvalue weighted by molar-refractivity contribution is 8.00. The van der Waals surface area contributed by atoms with E-state index in [-0.39, 0.29) is 5.41 Å². The lowest BCUT2D eigenvalue weighted by atomic mass is 9.64. The van der Waals surface area contributed by atoms with E-state index in [4.69, 9.17) is 0 Å². The number of allylic oxidation sites excluding steroid dienone is 4. The van der Waals surface area contributed by atoms with Gasteiger partial charge in [0.15, 0.2) is 0 Å². The number of rotatable bonds is 8. The van der Waals surface area contributed by atoms with E-state index in [1.807, 2.05) is 31.7 Å². The summed E-state index contributed by atoms with van der Waals surface area (Å²) in [6, 6.07) is 0. The van der Waals surface area contributed by atoms with Crippen LogP contribution in [0.25, 0.3) is 0 Å². The minimum Gasteiger partial charge on any atom is -0.393 e. The first-order chi connectivity index (χ1) is 15.6. The van der Waals surface area contributed by atoms with Crippen molar-refractivity contribution in [3.8, 4) is 0 Å². The number of hydrogen-bond donors (Lipinski definition) is 3. The Morgan fingerprint density at radius 2 is 2.00 bits per heavy atom. The molecule has 2 saturated carbocycles. The molecule has 33 heavy (non-hydrogen) atoms. The fraction of sp³-hybridized carbons (Fsp3) is 0.655. The monoisotopic (exact) mass is 472 g/mol. The molecule has 0 spiro atoms. The van der Waals surface area contributed by atoms with E-state index in [1.54, 1.807) is 5.57 Å². The highest BCUT2D eigenvalue weighted by Crippen LogP contribution is 2.56. The van der Waals surface area contributed by atoms with Gasteiger partial charge in [-0.15, -0.1) is 0 Å². The zero-order valence-electron chi connectivity index (χ0n) is 21.0. The van der Waals surface area contributed by atoms with Gasteiger partial charge >= 0.3 is 0 Å². The van der Waals surface area contributed by atoms with Crippen LogP contribution >= 0.6 is 11.8 Å². The van der Waals surface area contributed by atoms with Gasteiger partial charge in [0.1, 0.15) is 0 Å². The van der Waals surface area contributed by atoms with Crippen molar-refractivity contribution in [1.29, 1.82) is 0 Å². The molecule has 0 bridgehead atoms. The largest absolute Gasteiger partial charge is 0.393 e. The highest BCUT2D eigenvalue weighted by atomic mass is 32.2. The summed E-state index contributed by atoms with van der Waals surface area (Å²) >= 11 is 1.96. The van der Waals surface area contributed by atoms with Gasteiger partial charge in [-0.3, -0.25) is 0 Å². The van der Waals surface area contributed by atoms with Crippen LogP contribution in [0.15, 0.2) is 59.3 Å². The lowest BCUT2D eigenvalue weighted by molar-refractivity contribution is 0.0826. The van der Waals surface area contributed by atoms with E-state index in [2.05, 4.69) is 44.7 Å². The second-order valence-corrected chi connectivity index (χ2v) is 11.8. The second-order valence-electron chi connectivity index (χ2n) is 10.5. The van der Waals surface area contributed by atoms with Crippen LogP contribution in [0, 0.1) is 11.3 Å². The minimum absolute atomic E-state index is 0.203. The van der Waals surface area contributed by atoms with Crippen molar-refractivity contribution in [3.63, 3.8) is 0 Å².